The van der Waals surface area contributed by atoms with Crippen LogP contribution in [0.3, 0.4) is 0 Å². The van der Waals surface area contributed by atoms with Crippen molar-refractivity contribution in [2.75, 3.05) is 7.11 Å². The van der Waals surface area contributed by atoms with E-state index in [9.17, 15) is 9.90 Å². The number of nitrogens with zero attached hydrogens (tertiary/aromatic N) is 3. The minimum absolute atomic E-state index is 0.299. The second kappa shape index (κ2) is 4.75. The summed E-state index contributed by atoms with van der Waals surface area (Å²) in [6, 6.07) is 1.78. The highest BCUT2D eigenvalue weighted by atomic mass is 32.1. The standard InChI is InChI=1S/C12H13N3O3S/c1-18-12(17)11-9(4-5-19-11)15-6-8(13-14-15)10(16)7-2-3-7/h4-7,10,16H,2-3H2,1H3/t10-/m0/s1. The number of aromatic nitrogens is 3. The smallest absolute Gasteiger partial charge is 0.350 e. The van der Waals surface area contributed by atoms with Gasteiger partial charge >= 0.3 is 5.97 Å². The van der Waals surface area contributed by atoms with Gasteiger partial charge in [0.1, 0.15) is 16.7 Å². The minimum atomic E-state index is -0.561. The largest absolute Gasteiger partial charge is 0.465 e. The second-order valence-corrected chi connectivity index (χ2v) is 5.41. The number of hydrogen-bond acceptors (Lipinski definition) is 6. The van der Waals surface area contributed by atoms with Gasteiger partial charge in [-0.05, 0) is 30.2 Å². The average Bonchev–Trinajstić information content (AvgIpc) is 2.97. The number of rotatable bonds is 4. The summed E-state index contributed by atoms with van der Waals surface area (Å²) in [5.74, 6) is -0.0995. The molecular weight excluding hydrogens is 266 g/mol. The van der Waals surface area contributed by atoms with Crippen LogP contribution in [0.25, 0.3) is 5.69 Å². The van der Waals surface area contributed by atoms with Crippen LogP contribution in [0.15, 0.2) is 17.6 Å². The van der Waals surface area contributed by atoms with Gasteiger partial charge in [0.2, 0.25) is 0 Å². The Morgan fingerprint density at radius 2 is 2.42 bits per heavy atom. The van der Waals surface area contributed by atoms with Crippen LogP contribution in [0.2, 0.25) is 0 Å². The fraction of sp³-hybridized carbons (Fsp3) is 0.417. The maximum Gasteiger partial charge on any atom is 0.350 e. The van der Waals surface area contributed by atoms with Crippen molar-refractivity contribution in [3.63, 3.8) is 0 Å². The average molecular weight is 279 g/mol. The summed E-state index contributed by atoms with van der Waals surface area (Å²) < 4.78 is 6.22. The van der Waals surface area contributed by atoms with Gasteiger partial charge in [0.25, 0.3) is 0 Å². The van der Waals surface area contributed by atoms with Crippen LogP contribution in [0.4, 0.5) is 0 Å². The van der Waals surface area contributed by atoms with Crippen LogP contribution in [-0.2, 0) is 4.74 Å². The number of aliphatic hydroxyl groups is 1. The molecule has 0 amide bonds. The lowest BCUT2D eigenvalue weighted by Crippen LogP contribution is -2.04. The highest BCUT2D eigenvalue weighted by Crippen LogP contribution is 2.40. The molecule has 0 aliphatic heterocycles. The van der Waals surface area contributed by atoms with Gasteiger partial charge in [-0.25, -0.2) is 9.48 Å². The number of ether oxygens (including phenoxy) is 1. The van der Waals surface area contributed by atoms with E-state index in [1.165, 1.54) is 23.1 Å². The Morgan fingerprint density at radius 1 is 1.63 bits per heavy atom. The summed E-state index contributed by atoms with van der Waals surface area (Å²) in [4.78, 5) is 12.1. The molecule has 3 rings (SSSR count). The van der Waals surface area contributed by atoms with Crippen molar-refractivity contribution in [1.82, 2.24) is 15.0 Å². The summed E-state index contributed by atoms with van der Waals surface area (Å²) in [5, 5.41) is 19.7. The molecule has 6 nitrogen and oxygen atoms in total. The van der Waals surface area contributed by atoms with Gasteiger partial charge < -0.3 is 9.84 Å². The van der Waals surface area contributed by atoms with Crippen molar-refractivity contribution in [3.8, 4) is 5.69 Å². The molecule has 2 heterocycles. The van der Waals surface area contributed by atoms with E-state index in [2.05, 4.69) is 10.3 Å². The van der Waals surface area contributed by atoms with E-state index >= 15 is 0 Å². The molecule has 1 N–H and O–H groups in total. The van der Waals surface area contributed by atoms with E-state index in [1.807, 2.05) is 0 Å². The van der Waals surface area contributed by atoms with Gasteiger partial charge in [0, 0.05) is 0 Å². The Bertz CT molecular complexity index is 603. The van der Waals surface area contributed by atoms with Crippen molar-refractivity contribution in [3.05, 3.63) is 28.2 Å². The number of carbonyl (C=O) groups excluding carboxylic acids is 1. The fourth-order valence-corrected chi connectivity index (χ4v) is 2.71. The highest BCUT2D eigenvalue weighted by molar-refractivity contribution is 7.12. The maximum absolute atomic E-state index is 11.6. The number of aliphatic hydroxyl groups excluding tert-OH is 1. The highest BCUT2D eigenvalue weighted by Gasteiger charge is 2.32. The molecular formula is C12H13N3O3S. The van der Waals surface area contributed by atoms with Gasteiger partial charge in [-0.15, -0.1) is 16.4 Å². The molecule has 2 aromatic rings. The van der Waals surface area contributed by atoms with Gasteiger partial charge in [-0.2, -0.15) is 0 Å². The Labute approximate surface area is 113 Å². The molecule has 19 heavy (non-hydrogen) atoms. The molecule has 7 heteroatoms. The van der Waals surface area contributed by atoms with Crippen LogP contribution >= 0.6 is 11.3 Å². The van der Waals surface area contributed by atoms with Crippen molar-refractivity contribution in [2.45, 2.75) is 18.9 Å². The fourth-order valence-electron chi connectivity index (χ4n) is 1.91. The van der Waals surface area contributed by atoms with E-state index in [0.29, 0.717) is 22.2 Å². The van der Waals surface area contributed by atoms with E-state index in [0.717, 1.165) is 12.8 Å². The lowest BCUT2D eigenvalue weighted by Gasteiger charge is -2.03. The topological polar surface area (TPSA) is 77.2 Å². The lowest BCUT2D eigenvalue weighted by molar-refractivity contribution is 0.0606. The Balaban J connectivity index is 1.90. The SMILES string of the molecule is COC(=O)c1sccc1-n1cc([C@@H](O)C2CC2)nn1. The maximum atomic E-state index is 11.6. The Morgan fingerprint density at radius 3 is 3.11 bits per heavy atom. The second-order valence-electron chi connectivity index (χ2n) is 4.50. The zero-order valence-electron chi connectivity index (χ0n) is 10.3. The molecule has 100 valence electrons. The first-order valence-corrected chi connectivity index (χ1v) is 6.85. The summed E-state index contributed by atoms with van der Waals surface area (Å²) >= 11 is 1.29. The summed E-state index contributed by atoms with van der Waals surface area (Å²) in [6.45, 7) is 0. The van der Waals surface area contributed by atoms with Gasteiger partial charge in [-0.1, -0.05) is 5.21 Å². The molecule has 1 atom stereocenters. The molecule has 0 aromatic carbocycles. The quantitative estimate of drug-likeness (QED) is 0.859. The first kappa shape index (κ1) is 12.3. The van der Waals surface area contributed by atoms with Crippen molar-refractivity contribution in [2.24, 2.45) is 5.92 Å². The molecule has 1 aliphatic rings. The predicted molar refractivity (Wildman–Crippen MR) is 68.3 cm³/mol. The van der Waals surface area contributed by atoms with Gasteiger partial charge in [0.05, 0.1) is 19.0 Å². The molecule has 0 spiro atoms. The minimum Gasteiger partial charge on any atom is -0.465 e. The van der Waals surface area contributed by atoms with Crippen LogP contribution < -0.4 is 0 Å². The van der Waals surface area contributed by atoms with Crippen LogP contribution in [-0.4, -0.2) is 33.2 Å². The third-order valence-electron chi connectivity index (χ3n) is 3.14. The molecule has 2 aromatic heterocycles. The van der Waals surface area contributed by atoms with Crippen molar-refractivity contribution < 1.29 is 14.6 Å². The van der Waals surface area contributed by atoms with Crippen LogP contribution in [0.1, 0.15) is 34.3 Å². The van der Waals surface area contributed by atoms with E-state index < -0.39 is 12.1 Å². The number of thiophene rings is 1. The van der Waals surface area contributed by atoms with E-state index in [4.69, 9.17) is 4.74 Å². The Kier molecular flexibility index (Phi) is 3.08. The Hall–Kier alpha value is -1.73. The van der Waals surface area contributed by atoms with Crippen molar-refractivity contribution in [1.29, 1.82) is 0 Å². The van der Waals surface area contributed by atoms with Gasteiger partial charge in [-0.3, -0.25) is 0 Å². The first-order valence-electron chi connectivity index (χ1n) is 5.97. The summed E-state index contributed by atoms with van der Waals surface area (Å²) in [7, 11) is 1.34. The normalized spacial score (nSPS) is 16.3. The van der Waals surface area contributed by atoms with Crippen LogP contribution in [0.5, 0.6) is 0 Å². The third-order valence-corrected chi connectivity index (χ3v) is 4.03. The number of esters is 1. The van der Waals surface area contributed by atoms with E-state index in [-0.39, 0.29) is 0 Å². The monoisotopic (exact) mass is 279 g/mol. The number of hydrogen-bond donors (Lipinski definition) is 1. The van der Waals surface area contributed by atoms with Crippen molar-refractivity contribution >= 4 is 17.3 Å². The zero-order valence-corrected chi connectivity index (χ0v) is 11.1. The molecule has 1 fully saturated rings. The summed E-state index contributed by atoms with van der Waals surface area (Å²) in [6.07, 6.45) is 3.16. The molecule has 0 radical (unpaired) electrons. The van der Waals surface area contributed by atoms with Crippen LogP contribution in [0, 0.1) is 5.92 Å². The molecule has 0 saturated heterocycles. The molecule has 0 bridgehead atoms. The van der Waals surface area contributed by atoms with E-state index in [1.54, 1.807) is 17.6 Å². The summed E-state index contributed by atoms with van der Waals surface area (Å²) in [5.41, 5.74) is 1.17. The number of methoxy groups -OCH3 is 1. The predicted octanol–water partition coefficient (Wildman–Crippen LogP) is 1.56. The third kappa shape index (κ3) is 2.26. The first-order chi connectivity index (χ1) is 9.20. The molecule has 1 saturated carbocycles. The zero-order chi connectivity index (χ0) is 13.4. The lowest BCUT2D eigenvalue weighted by atomic mass is 10.2. The van der Waals surface area contributed by atoms with Gasteiger partial charge in [0.15, 0.2) is 0 Å². The molecule has 1 aliphatic carbocycles. The molecule has 0 unspecified atom stereocenters. The number of carbonyl (C=O) groups is 1.